The number of ether oxygens (including phenoxy) is 1. The van der Waals surface area contributed by atoms with Gasteiger partial charge in [-0.2, -0.15) is 0 Å². The number of hydrogen-bond acceptors (Lipinski definition) is 3. The average molecular weight is 381 g/mol. The number of nitrogens with one attached hydrogen (secondary N) is 1. The molecule has 1 aromatic carbocycles. The maximum Gasteiger partial charge on any atom is 0.122 e. The Bertz CT molecular complexity index is 527. The Morgan fingerprint density at radius 2 is 1.89 bits per heavy atom. The van der Waals surface area contributed by atoms with E-state index in [9.17, 15) is 0 Å². The van der Waals surface area contributed by atoms with Crippen molar-refractivity contribution in [2.45, 2.75) is 6.54 Å². The summed E-state index contributed by atoms with van der Waals surface area (Å²) in [5, 5.41) is 6.55. The van der Waals surface area contributed by atoms with Crippen LogP contribution in [0.1, 0.15) is 4.88 Å². The van der Waals surface area contributed by atoms with Crippen LogP contribution in [0.2, 0.25) is 10.0 Å². The van der Waals surface area contributed by atoms with E-state index < -0.39 is 0 Å². The molecule has 1 heterocycles. The van der Waals surface area contributed by atoms with E-state index in [0.717, 1.165) is 17.6 Å². The van der Waals surface area contributed by atoms with Gasteiger partial charge in [-0.05, 0) is 40.2 Å². The number of benzene rings is 1. The molecule has 0 atom stereocenters. The van der Waals surface area contributed by atoms with Gasteiger partial charge in [0.15, 0.2) is 0 Å². The van der Waals surface area contributed by atoms with Crippen LogP contribution in [0, 0.1) is 0 Å². The fraction of sp³-hybridized carbons (Fsp3) is 0.231. The summed E-state index contributed by atoms with van der Waals surface area (Å²) in [6.07, 6.45) is 0. The van der Waals surface area contributed by atoms with Crippen molar-refractivity contribution in [1.82, 2.24) is 5.32 Å². The van der Waals surface area contributed by atoms with E-state index in [1.165, 1.54) is 4.88 Å². The van der Waals surface area contributed by atoms with Gasteiger partial charge in [0.25, 0.3) is 0 Å². The van der Waals surface area contributed by atoms with E-state index in [1.807, 2.05) is 0 Å². The fourth-order valence-electron chi connectivity index (χ4n) is 1.51. The van der Waals surface area contributed by atoms with Gasteiger partial charge in [0, 0.05) is 37.9 Å². The SMILES string of the molecule is Clc1cc(Cl)cc(OCCNCc2cc(Br)cs2)c1. The molecular weight excluding hydrogens is 369 g/mol. The average Bonchev–Trinajstić information content (AvgIpc) is 2.73. The second-order valence-electron chi connectivity index (χ2n) is 3.86. The molecule has 0 unspecified atom stereocenters. The minimum absolute atomic E-state index is 0.573. The molecule has 0 amide bonds. The first kappa shape index (κ1) is 15.1. The molecule has 0 aliphatic heterocycles. The van der Waals surface area contributed by atoms with Crippen LogP contribution in [-0.4, -0.2) is 13.2 Å². The molecule has 0 saturated carbocycles. The van der Waals surface area contributed by atoms with E-state index in [-0.39, 0.29) is 0 Å². The Balaban J connectivity index is 1.69. The van der Waals surface area contributed by atoms with Gasteiger partial charge in [0.2, 0.25) is 0 Å². The van der Waals surface area contributed by atoms with Gasteiger partial charge in [-0.1, -0.05) is 23.2 Å². The molecule has 19 heavy (non-hydrogen) atoms. The van der Waals surface area contributed by atoms with Gasteiger partial charge in [-0.25, -0.2) is 0 Å². The van der Waals surface area contributed by atoms with Crippen molar-refractivity contribution >= 4 is 50.5 Å². The summed E-state index contributed by atoms with van der Waals surface area (Å²) < 4.78 is 6.70. The second kappa shape index (κ2) is 7.50. The van der Waals surface area contributed by atoms with E-state index in [1.54, 1.807) is 29.5 Å². The minimum atomic E-state index is 0.573. The second-order valence-corrected chi connectivity index (χ2v) is 6.65. The number of thiophene rings is 1. The highest BCUT2D eigenvalue weighted by atomic mass is 79.9. The zero-order valence-corrected chi connectivity index (χ0v) is 13.9. The van der Waals surface area contributed by atoms with E-state index in [0.29, 0.717) is 22.4 Å². The molecule has 0 spiro atoms. The van der Waals surface area contributed by atoms with Crippen molar-refractivity contribution in [1.29, 1.82) is 0 Å². The molecule has 0 aliphatic carbocycles. The van der Waals surface area contributed by atoms with Gasteiger partial charge in [-0.15, -0.1) is 11.3 Å². The molecule has 1 N–H and O–H groups in total. The first-order valence-electron chi connectivity index (χ1n) is 5.66. The third-order valence-corrected chi connectivity index (χ3v) is 4.44. The van der Waals surface area contributed by atoms with Crippen LogP contribution in [0.5, 0.6) is 5.75 Å². The van der Waals surface area contributed by atoms with Crippen LogP contribution < -0.4 is 10.1 Å². The maximum absolute atomic E-state index is 5.89. The van der Waals surface area contributed by atoms with Gasteiger partial charge in [-0.3, -0.25) is 0 Å². The molecule has 2 nitrogen and oxygen atoms in total. The highest BCUT2D eigenvalue weighted by Gasteiger charge is 2.00. The van der Waals surface area contributed by atoms with Crippen molar-refractivity contribution < 1.29 is 4.74 Å². The first-order valence-corrected chi connectivity index (χ1v) is 8.09. The quantitative estimate of drug-likeness (QED) is 0.713. The van der Waals surface area contributed by atoms with Gasteiger partial charge >= 0.3 is 0 Å². The lowest BCUT2D eigenvalue weighted by molar-refractivity contribution is 0.314. The summed E-state index contributed by atoms with van der Waals surface area (Å²) in [6, 6.07) is 7.30. The van der Waals surface area contributed by atoms with Crippen molar-refractivity contribution in [3.8, 4) is 5.75 Å². The lowest BCUT2D eigenvalue weighted by atomic mass is 10.3. The summed E-state index contributed by atoms with van der Waals surface area (Å²) in [4.78, 5) is 1.29. The molecule has 2 rings (SSSR count). The molecular formula is C13H12BrCl2NOS. The third kappa shape index (κ3) is 5.32. The lowest BCUT2D eigenvalue weighted by Crippen LogP contribution is -2.20. The molecule has 102 valence electrons. The summed E-state index contributed by atoms with van der Waals surface area (Å²) in [7, 11) is 0. The smallest absolute Gasteiger partial charge is 0.122 e. The minimum Gasteiger partial charge on any atom is -0.492 e. The van der Waals surface area contributed by atoms with E-state index >= 15 is 0 Å². The van der Waals surface area contributed by atoms with Crippen molar-refractivity contribution in [2.75, 3.05) is 13.2 Å². The van der Waals surface area contributed by atoms with Crippen LogP contribution in [0.3, 0.4) is 0 Å². The first-order chi connectivity index (χ1) is 9.13. The fourth-order valence-corrected chi connectivity index (χ4v) is 3.44. The molecule has 0 saturated heterocycles. The topological polar surface area (TPSA) is 21.3 Å². The number of halogens is 3. The van der Waals surface area contributed by atoms with Gasteiger partial charge in [0.1, 0.15) is 12.4 Å². The highest BCUT2D eigenvalue weighted by Crippen LogP contribution is 2.24. The lowest BCUT2D eigenvalue weighted by Gasteiger charge is -2.07. The van der Waals surface area contributed by atoms with Crippen LogP contribution in [0.15, 0.2) is 34.1 Å². The Kier molecular flexibility index (Phi) is 5.98. The van der Waals surface area contributed by atoms with Crippen molar-refractivity contribution in [2.24, 2.45) is 0 Å². The monoisotopic (exact) mass is 379 g/mol. The van der Waals surface area contributed by atoms with E-state index in [2.05, 4.69) is 32.7 Å². The Labute approximate surface area is 134 Å². The number of hydrogen-bond donors (Lipinski definition) is 1. The predicted octanol–water partition coefficient (Wildman–Crippen LogP) is 4.99. The summed E-state index contributed by atoms with van der Waals surface area (Å²) >= 11 is 16.9. The van der Waals surface area contributed by atoms with E-state index in [4.69, 9.17) is 27.9 Å². The molecule has 0 fully saturated rings. The molecule has 0 radical (unpaired) electrons. The maximum atomic E-state index is 5.89. The van der Waals surface area contributed by atoms with Crippen molar-refractivity contribution in [3.63, 3.8) is 0 Å². The molecule has 2 aromatic rings. The van der Waals surface area contributed by atoms with Gasteiger partial charge in [0.05, 0.1) is 0 Å². The Hall–Kier alpha value is -0.260. The Morgan fingerprint density at radius 1 is 1.16 bits per heavy atom. The standard InChI is InChI=1S/C13H12BrCl2NOS/c14-9-3-13(19-8-9)7-17-1-2-18-12-5-10(15)4-11(16)6-12/h3-6,8,17H,1-2,7H2. The van der Waals surface area contributed by atoms with Crippen LogP contribution >= 0.6 is 50.5 Å². The number of rotatable bonds is 6. The highest BCUT2D eigenvalue weighted by molar-refractivity contribution is 9.10. The zero-order valence-electron chi connectivity index (χ0n) is 9.96. The summed E-state index contributed by atoms with van der Waals surface area (Å²) in [6.45, 7) is 2.18. The summed E-state index contributed by atoms with van der Waals surface area (Å²) in [5.74, 6) is 0.693. The molecule has 6 heteroatoms. The van der Waals surface area contributed by atoms with Crippen LogP contribution in [-0.2, 0) is 6.54 Å². The van der Waals surface area contributed by atoms with Crippen LogP contribution in [0.4, 0.5) is 0 Å². The zero-order chi connectivity index (χ0) is 13.7. The molecule has 1 aromatic heterocycles. The largest absolute Gasteiger partial charge is 0.492 e. The molecule has 0 aliphatic rings. The van der Waals surface area contributed by atoms with Gasteiger partial charge < -0.3 is 10.1 Å². The van der Waals surface area contributed by atoms with Crippen molar-refractivity contribution in [3.05, 3.63) is 49.0 Å². The predicted molar refractivity (Wildman–Crippen MR) is 85.7 cm³/mol. The molecule has 0 bridgehead atoms. The third-order valence-electron chi connectivity index (χ3n) is 2.30. The Morgan fingerprint density at radius 3 is 2.53 bits per heavy atom. The summed E-state index contributed by atoms with van der Waals surface area (Å²) in [5.41, 5.74) is 0. The van der Waals surface area contributed by atoms with Crippen LogP contribution in [0.25, 0.3) is 0 Å². The normalized spacial score (nSPS) is 10.7.